The minimum absolute atomic E-state index is 0.0767. The zero-order valence-electron chi connectivity index (χ0n) is 9.33. The molecule has 3 nitrogen and oxygen atoms in total. The molecule has 0 aromatic rings. The maximum atomic E-state index is 11.7. The second-order valence-corrected chi connectivity index (χ2v) is 5.46. The lowest BCUT2D eigenvalue weighted by atomic mass is 9.83. The number of carbonyl (C=O) groups is 1. The molecular formula is C12H13ClN2O. The fourth-order valence-electron chi connectivity index (χ4n) is 2.10. The van der Waals surface area contributed by atoms with E-state index in [0.717, 1.165) is 11.3 Å². The number of hydrogen-bond acceptors (Lipinski definition) is 2. The number of hydrogen-bond donors (Lipinski definition) is 0. The van der Waals surface area contributed by atoms with Crippen molar-refractivity contribution >= 4 is 23.2 Å². The molecule has 0 bridgehead atoms. The summed E-state index contributed by atoms with van der Waals surface area (Å²) in [5, 5.41) is 0.676. The summed E-state index contributed by atoms with van der Waals surface area (Å²) in [6.07, 6.45) is 6.16. The van der Waals surface area contributed by atoms with Crippen molar-refractivity contribution in [3.8, 4) is 0 Å². The van der Waals surface area contributed by atoms with Gasteiger partial charge in [-0.2, -0.15) is 0 Å². The van der Waals surface area contributed by atoms with Gasteiger partial charge in [0.2, 0.25) is 0 Å². The molecule has 2 heterocycles. The Morgan fingerprint density at radius 1 is 1.50 bits per heavy atom. The van der Waals surface area contributed by atoms with Crippen LogP contribution >= 0.6 is 11.6 Å². The summed E-state index contributed by atoms with van der Waals surface area (Å²) in [7, 11) is 0. The van der Waals surface area contributed by atoms with Crippen LogP contribution in [-0.4, -0.2) is 22.6 Å². The van der Waals surface area contributed by atoms with Crippen molar-refractivity contribution in [2.45, 2.75) is 32.7 Å². The van der Waals surface area contributed by atoms with Crippen LogP contribution in [0.25, 0.3) is 0 Å². The third-order valence-corrected chi connectivity index (χ3v) is 3.72. The van der Waals surface area contributed by atoms with Gasteiger partial charge in [-0.3, -0.25) is 4.79 Å². The Bertz CT molecular complexity index is 469. The largest absolute Gasteiger partial charge is 0.335 e. The number of amides is 1. The molecule has 3 aliphatic rings. The normalized spacial score (nSPS) is 27.3. The van der Waals surface area contributed by atoms with Crippen molar-refractivity contribution in [3.63, 3.8) is 0 Å². The van der Waals surface area contributed by atoms with E-state index < -0.39 is 5.41 Å². The fourth-order valence-corrected chi connectivity index (χ4v) is 2.39. The molecule has 0 aromatic heterocycles. The van der Waals surface area contributed by atoms with Crippen molar-refractivity contribution in [1.29, 1.82) is 0 Å². The predicted octanol–water partition coefficient (Wildman–Crippen LogP) is 2.44. The molecule has 0 spiro atoms. The van der Waals surface area contributed by atoms with Crippen LogP contribution in [0.2, 0.25) is 0 Å². The minimum Gasteiger partial charge on any atom is -0.335 e. The summed E-state index contributed by atoms with van der Waals surface area (Å²) in [4.78, 5) is 17.9. The van der Waals surface area contributed by atoms with E-state index in [1.807, 2.05) is 26.1 Å². The average molecular weight is 237 g/mol. The van der Waals surface area contributed by atoms with Crippen molar-refractivity contribution < 1.29 is 4.79 Å². The molecule has 1 fully saturated rings. The van der Waals surface area contributed by atoms with Gasteiger partial charge < -0.3 is 4.90 Å². The standard InChI is InChI=1S/C12H13ClN2O/c1-12(2)8-6-15(7-3-4-7)10(13)5-9(8)14-11(12)16/h5-7H,3-4H2,1-2H3. The second kappa shape index (κ2) is 2.98. The monoisotopic (exact) mass is 236 g/mol. The zero-order valence-corrected chi connectivity index (χ0v) is 10.1. The highest BCUT2D eigenvalue weighted by molar-refractivity contribution is 6.34. The Morgan fingerprint density at radius 3 is 2.81 bits per heavy atom. The minimum atomic E-state index is -0.503. The first-order chi connectivity index (χ1) is 7.50. The van der Waals surface area contributed by atoms with E-state index in [-0.39, 0.29) is 5.91 Å². The summed E-state index contributed by atoms with van der Waals surface area (Å²) >= 11 is 6.18. The number of rotatable bonds is 1. The summed E-state index contributed by atoms with van der Waals surface area (Å²) in [5.41, 5.74) is 1.22. The molecule has 3 rings (SSSR count). The smallest absolute Gasteiger partial charge is 0.256 e. The maximum absolute atomic E-state index is 11.7. The van der Waals surface area contributed by atoms with Gasteiger partial charge in [0.25, 0.3) is 5.91 Å². The highest BCUT2D eigenvalue weighted by Gasteiger charge is 2.43. The first kappa shape index (κ1) is 10.1. The lowest BCUT2D eigenvalue weighted by Crippen LogP contribution is -2.28. The quantitative estimate of drug-likeness (QED) is 0.655. The van der Waals surface area contributed by atoms with E-state index in [4.69, 9.17) is 11.6 Å². The molecule has 4 heteroatoms. The van der Waals surface area contributed by atoms with Gasteiger partial charge in [0.05, 0.1) is 11.1 Å². The van der Waals surface area contributed by atoms with Gasteiger partial charge in [0, 0.05) is 17.8 Å². The maximum Gasteiger partial charge on any atom is 0.256 e. The Morgan fingerprint density at radius 2 is 2.19 bits per heavy atom. The van der Waals surface area contributed by atoms with Crippen LogP contribution in [0.3, 0.4) is 0 Å². The van der Waals surface area contributed by atoms with E-state index in [1.165, 1.54) is 12.8 Å². The van der Waals surface area contributed by atoms with Crippen LogP contribution < -0.4 is 0 Å². The molecule has 2 aliphatic heterocycles. The second-order valence-electron chi connectivity index (χ2n) is 5.08. The van der Waals surface area contributed by atoms with Crippen molar-refractivity contribution in [2.24, 2.45) is 10.4 Å². The third kappa shape index (κ3) is 1.27. The molecule has 0 unspecified atom stereocenters. The van der Waals surface area contributed by atoms with Crippen molar-refractivity contribution in [2.75, 3.05) is 0 Å². The van der Waals surface area contributed by atoms with E-state index >= 15 is 0 Å². The SMILES string of the molecule is CC1(C)C(=O)N=C2C=C(Cl)N(C3CC3)C=C21. The molecule has 84 valence electrons. The Kier molecular flexibility index (Phi) is 1.88. The average Bonchev–Trinajstić information content (AvgIpc) is 2.97. The molecule has 0 atom stereocenters. The van der Waals surface area contributed by atoms with Crippen LogP contribution in [0.4, 0.5) is 0 Å². The Labute approximate surface area is 99.5 Å². The van der Waals surface area contributed by atoms with Crippen molar-refractivity contribution in [3.05, 3.63) is 23.0 Å². The summed E-state index contributed by atoms with van der Waals surface area (Å²) in [6, 6.07) is 0.518. The lowest BCUT2D eigenvalue weighted by Gasteiger charge is -2.27. The predicted molar refractivity (Wildman–Crippen MR) is 63.1 cm³/mol. The summed E-state index contributed by atoms with van der Waals surface area (Å²) in [6.45, 7) is 3.83. The van der Waals surface area contributed by atoms with Gasteiger partial charge in [-0.1, -0.05) is 11.6 Å². The van der Waals surface area contributed by atoms with Gasteiger partial charge in [-0.05, 0) is 32.8 Å². The topological polar surface area (TPSA) is 32.7 Å². The van der Waals surface area contributed by atoms with Gasteiger partial charge in [0.15, 0.2) is 0 Å². The molecule has 0 aromatic carbocycles. The van der Waals surface area contributed by atoms with Gasteiger partial charge in [-0.25, -0.2) is 4.99 Å². The molecule has 0 saturated heterocycles. The number of nitrogens with zero attached hydrogens (tertiary/aromatic N) is 2. The van der Waals surface area contributed by atoms with E-state index in [0.29, 0.717) is 11.2 Å². The molecule has 0 radical (unpaired) electrons. The molecule has 1 amide bonds. The molecule has 1 saturated carbocycles. The van der Waals surface area contributed by atoms with Crippen LogP contribution in [0.5, 0.6) is 0 Å². The molecule has 0 N–H and O–H groups in total. The van der Waals surface area contributed by atoms with E-state index in [9.17, 15) is 4.79 Å². The molecule has 1 aliphatic carbocycles. The summed E-state index contributed by atoms with van der Waals surface area (Å²) < 4.78 is 0. The Balaban J connectivity index is 2.05. The molecular weight excluding hydrogens is 224 g/mol. The van der Waals surface area contributed by atoms with Crippen LogP contribution in [0.15, 0.2) is 28.0 Å². The lowest BCUT2D eigenvalue weighted by molar-refractivity contribution is -0.123. The highest BCUT2D eigenvalue weighted by Crippen LogP contribution is 2.42. The highest BCUT2D eigenvalue weighted by atomic mass is 35.5. The number of fused-ring (bicyclic) bond motifs is 1. The van der Waals surface area contributed by atoms with E-state index in [2.05, 4.69) is 9.89 Å². The van der Waals surface area contributed by atoms with Crippen LogP contribution in [0.1, 0.15) is 26.7 Å². The third-order valence-electron chi connectivity index (χ3n) is 3.42. The van der Waals surface area contributed by atoms with Gasteiger partial charge >= 0.3 is 0 Å². The van der Waals surface area contributed by atoms with Crippen LogP contribution in [0, 0.1) is 5.41 Å². The van der Waals surface area contributed by atoms with E-state index in [1.54, 1.807) is 0 Å². The van der Waals surface area contributed by atoms with Gasteiger partial charge in [0.1, 0.15) is 5.16 Å². The first-order valence-electron chi connectivity index (χ1n) is 5.51. The Hall–Kier alpha value is -1.09. The van der Waals surface area contributed by atoms with Crippen molar-refractivity contribution in [1.82, 2.24) is 4.90 Å². The molecule has 16 heavy (non-hydrogen) atoms. The summed E-state index contributed by atoms with van der Waals surface area (Å²) in [5.74, 6) is -0.0767. The number of halogens is 1. The number of allylic oxidation sites excluding steroid dienone is 1. The fraction of sp³-hybridized carbons (Fsp3) is 0.500. The zero-order chi connectivity index (χ0) is 11.5. The first-order valence-corrected chi connectivity index (χ1v) is 5.89. The van der Waals surface area contributed by atoms with Crippen LogP contribution in [-0.2, 0) is 4.79 Å². The number of carbonyl (C=O) groups excluding carboxylic acids is 1. The number of aliphatic imine (C=N–C) groups is 1. The van der Waals surface area contributed by atoms with Gasteiger partial charge in [-0.15, -0.1) is 0 Å².